The molecule has 0 radical (unpaired) electrons. The van der Waals surface area contributed by atoms with Gasteiger partial charge in [-0.05, 0) is 61.2 Å². The Morgan fingerprint density at radius 3 is 1.91 bits per heavy atom. The molecule has 0 unspecified atom stereocenters. The van der Waals surface area contributed by atoms with E-state index >= 15 is 0 Å². The number of sulfonamides is 1. The van der Waals surface area contributed by atoms with Crippen LogP contribution in [-0.2, 0) is 23.1 Å². The zero-order valence-corrected chi connectivity index (χ0v) is 19.0. The number of ether oxygens (including phenoxy) is 1. The molecule has 0 bridgehead atoms. The van der Waals surface area contributed by atoms with Gasteiger partial charge < -0.3 is 10.1 Å². The molecule has 1 saturated carbocycles. The van der Waals surface area contributed by atoms with E-state index in [2.05, 4.69) is 5.32 Å². The van der Waals surface area contributed by atoms with Crippen molar-refractivity contribution in [1.82, 2.24) is 9.62 Å². The van der Waals surface area contributed by atoms with Crippen LogP contribution in [0.15, 0.2) is 89.8 Å². The molecule has 0 atom stereocenters. The summed E-state index contributed by atoms with van der Waals surface area (Å²) in [6.07, 6.45) is 3.49. The van der Waals surface area contributed by atoms with Crippen LogP contribution in [0.1, 0.15) is 30.4 Å². The Hall–Kier alpha value is -2.67. The largest absolute Gasteiger partial charge is 0.494 e. The fraction of sp³-hybridized carbons (Fsp3) is 0.308. The van der Waals surface area contributed by atoms with Crippen molar-refractivity contribution in [3.8, 4) is 5.75 Å². The van der Waals surface area contributed by atoms with Gasteiger partial charge in [0.25, 0.3) is 0 Å². The van der Waals surface area contributed by atoms with Crippen LogP contribution in [0.3, 0.4) is 0 Å². The maximum atomic E-state index is 13.5. The standard InChI is InChI=1S/C26H30N2O3S/c29-32(30,26-16-14-25(15-17-26)31-19-7-18-27-24-12-13-24)28(20-22-8-3-1-4-9-22)21-23-10-5-2-6-11-23/h1-6,8-11,14-17,24,27H,7,12-13,18-21H2. The Bertz CT molecular complexity index is 1030. The Morgan fingerprint density at radius 2 is 1.38 bits per heavy atom. The number of hydrogen-bond acceptors (Lipinski definition) is 4. The fourth-order valence-corrected chi connectivity index (χ4v) is 4.93. The number of rotatable bonds is 12. The van der Waals surface area contributed by atoms with Crippen LogP contribution in [0, 0.1) is 0 Å². The van der Waals surface area contributed by atoms with Gasteiger partial charge in [-0.2, -0.15) is 4.31 Å². The molecule has 5 nitrogen and oxygen atoms in total. The molecule has 1 N–H and O–H groups in total. The average Bonchev–Trinajstić information content (AvgIpc) is 3.65. The topological polar surface area (TPSA) is 58.6 Å². The molecule has 3 aromatic rings. The van der Waals surface area contributed by atoms with Crippen LogP contribution >= 0.6 is 0 Å². The molecular weight excluding hydrogens is 420 g/mol. The van der Waals surface area contributed by atoms with Crippen LogP contribution in [0.5, 0.6) is 5.75 Å². The van der Waals surface area contributed by atoms with E-state index in [0.29, 0.717) is 31.5 Å². The summed E-state index contributed by atoms with van der Waals surface area (Å²) in [5, 5.41) is 3.46. The van der Waals surface area contributed by atoms with Gasteiger partial charge in [-0.25, -0.2) is 8.42 Å². The Morgan fingerprint density at radius 1 is 0.812 bits per heavy atom. The highest BCUT2D eigenvalue weighted by molar-refractivity contribution is 7.89. The number of benzene rings is 3. The van der Waals surface area contributed by atoms with Crippen LogP contribution in [0.2, 0.25) is 0 Å². The summed E-state index contributed by atoms with van der Waals surface area (Å²) in [6, 6.07) is 26.8. The Balaban J connectivity index is 1.44. The van der Waals surface area contributed by atoms with Crippen LogP contribution in [-0.4, -0.2) is 31.9 Å². The van der Waals surface area contributed by atoms with Gasteiger partial charge in [0.1, 0.15) is 5.75 Å². The molecule has 1 aliphatic carbocycles. The Kier molecular flexibility index (Phi) is 7.58. The van der Waals surface area contributed by atoms with Gasteiger partial charge in [0.15, 0.2) is 0 Å². The van der Waals surface area contributed by atoms with Crippen LogP contribution in [0.4, 0.5) is 0 Å². The van der Waals surface area contributed by atoms with E-state index in [1.54, 1.807) is 24.3 Å². The van der Waals surface area contributed by atoms with Crippen molar-refractivity contribution in [2.24, 2.45) is 0 Å². The number of hydrogen-bond donors (Lipinski definition) is 1. The highest BCUT2D eigenvalue weighted by Gasteiger charge is 2.25. The third-order valence-electron chi connectivity index (χ3n) is 5.47. The minimum atomic E-state index is -3.68. The predicted molar refractivity (Wildman–Crippen MR) is 127 cm³/mol. The molecule has 0 saturated heterocycles. The van der Waals surface area contributed by atoms with E-state index in [-0.39, 0.29) is 4.90 Å². The van der Waals surface area contributed by atoms with Crippen LogP contribution < -0.4 is 10.1 Å². The Labute approximate surface area is 191 Å². The molecule has 3 aromatic carbocycles. The molecule has 4 rings (SSSR count). The molecule has 0 heterocycles. The average molecular weight is 451 g/mol. The zero-order valence-electron chi connectivity index (χ0n) is 18.2. The molecule has 6 heteroatoms. The van der Waals surface area contributed by atoms with Crippen molar-refractivity contribution in [3.05, 3.63) is 96.1 Å². The smallest absolute Gasteiger partial charge is 0.243 e. The van der Waals surface area contributed by atoms with Gasteiger partial charge in [0, 0.05) is 19.1 Å². The van der Waals surface area contributed by atoms with Gasteiger partial charge >= 0.3 is 0 Å². The minimum absolute atomic E-state index is 0.270. The van der Waals surface area contributed by atoms with Crippen molar-refractivity contribution in [2.75, 3.05) is 13.2 Å². The molecule has 0 amide bonds. The summed E-state index contributed by atoms with van der Waals surface area (Å²) in [5.74, 6) is 0.688. The van der Waals surface area contributed by atoms with E-state index in [0.717, 1.165) is 24.1 Å². The second kappa shape index (κ2) is 10.8. The molecular formula is C26H30N2O3S. The van der Waals surface area contributed by atoms with E-state index < -0.39 is 10.0 Å². The zero-order chi connectivity index (χ0) is 22.2. The van der Waals surface area contributed by atoms with Crippen molar-refractivity contribution in [2.45, 2.75) is 43.3 Å². The monoisotopic (exact) mass is 450 g/mol. The van der Waals surface area contributed by atoms with Gasteiger partial charge in [0.2, 0.25) is 10.0 Å². The summed E-state index contributed by atoms with van der Waals surface area (Å²) in [6.45, 7) is 2.18. The summed E-state index contributed by atoms with van der Waals surface area (Å²) in [4.78, 5) is 0.270. The molecule has 32 heavy (non-hydrogen) atoms. The van der Waals surface area contributed by atoms with Crippen molar-refractivity contribution in [3.63, 3.8) is 0 Å². The minimum Gasteiger partial charge on any atom is -0.494 e. The van der Waals surface area contributed by atoms with E-state index in [4.69, 9.17) is 4.74 Å². The van der Waals surface area contributed by atoms with Gasteiger partial charge in [0.05, 0.1) is 11.5 Å². The second-order valence-electron chi connectivity index (χ2n) is 8.15. The van der Waals surface area contributed by atoms with Crippen LogP contribution in [0.25, 0.3) is 0 Å². The molecule has 1 aliphatic rings. The van der Waals surface area contributed by atoms with Gasteiger partial charge in [-0.15, -0.1) is 0 Å². The first kappa shape index (κ1) is 22.5. The third kappa shape index (κ3) is 6.42. The lowest BCUT2D eigenvalue weighted by molar-refractivity contribution is 0.307. The highest BCUT2D eigenvalue weighted by atomic mass is 32.2. The maximum absolute atomic E-state index is 13.5. The summed E-state index contributed by atoms with van der Waals surface area (Å²) in [5.41, 5.74) is 1.90. The van der Waals surface area contributed by atoms with Gasteiger partial charge in [-0.3, -0.25) is 0 Å². The molecule has 1 fully saturated rings. The molecule has 0 aromatic heterocycles. The summed E-state index contributed by atoms with van der Waals surface area (Å²) in [7, 11) is -3.68. The second-order valence-corrected chi connectivity index (χ2v) is 10.1. The summed E-state index contributed by atoms with van der Waals surface area (Å²) >= 11 is 0. The molecule has 0 aliphatic heterocycles. The normalized spacial score (nSPS) is 13.9. The van der Waals surface area contributed by atoms with Crippen molar-refractivity contribution < 1.29 is 13.2 Å². The quantitative estimate of drug-likeness (QED) is 0.410. The van der Waals surface area contributed by atoms with Crippen molar-refractivity contribution in [1.29, 1.82) is 0 Å². The predicted octanol–water partition coefficient (Wildman–Crippen LogP) is 4.60. The van der Waals surface area contributed by atoms with Gasteiger partial charge in [-0.1, -0.05) is 60.7 Å². The number of nitrogens with one attached hydrogen (secondary N) is 1. The maximum Gasteiger partial charge on any atom is 0.243 e. The molecule has 168 valence electrons. The SMILES string of the molecule is O=S(=O)(c1ccc(OCCCNC2CC2)cc1)N(Cc1ccccc1)Cc1ccccc1. The summed E-state index contributed by atoms with van der Waals surface area (Å²) < 4.78 is 34.3. The first-order valence-electron chi connectivity index (χ1n) is 11.2. The third-order valence-corrected chi connectivity index (χ3v) is 7.27. The fourth-order valence-electron chi connectivity index (χ4n) is 3.51. The lowest BCUT2D eigenvalue weighted by atomic mass is 10.2. The lowest BCUT2D eigenvalue weighted by Gasteiger charge is -2.23. The lowest BCUT2D eigenvalue weighted by Crippen LogP contribution is -2.30. The first-order chi connectivity index (χ1) is 15.6. The van der Waals surface area contributed by atoms with E-state index in [9.17, 15) is 8.42 Å². The van der Waals surface area contributed by atoms with E-state index in [1.807, 2.05) is 60.7 Å². The van der Waals surface area contributed by atoms with Crippen molar-refractivity contribution >= 4 is 10.0 Å². The first-order valence-corrected chi connectivity index (χ1v) is 12.6. The van der Waals surface area contributed by atoms with E-state index in [1.165, 1.54) is 17.1 Å². The highest BCUT2D eigenvalue weighted by Crippen LogP contribution is 2.23. The molecule has 0 spiro atoms. The number of nitrogens with zero attached hydrogens (tertiary/aromatic N) is 1.